The lowest BCUT2D eigenvalue weighted by atomic mass is 9.94. The molecule has 3 aromatic rings. The van der Waals surface area contributed by atoms with Crippen LogP contribution in [-0.4, -0.2) is 32.6 Å². The number of halogens is 2. The first-order chi connectivity index (χ1) is 12.1. The summed E-state index contributed by atoms with van der Waals surface area (Å²) in [5.41, 5.74) is 1.68. The molecule has 0 N–H and O–H groups in total. The molecular weight excluding hydrogens is 322 g/mol. The van der Waals surface area contributed by atoms with Crippen molar-refractivity contribution in [1.29, 1.82) is 0 Å². The number of benzene rings is 1. The van der Waals surface area contributed by atoms with Gasteiger partial charge in [-0.3, -0.25) is 9.30 Å². The molecule has 4 nitrogen and oxygen atoms in total. The Morgan fingerprint density at radius 2 is 1.84 bits per heavy atom. The van der Waals surface area contributed by atoms with Crippen LogP contribution < -0.4 is 0 Å². The van der Waals surface area contributed by atoms with Gasteiger partial charge < -0.3 is 0 Å². The first-order valence-electron chi connectivity index (χ1n) is 8.62. The molecule has 4 rings (SSSR count). The van der Waals surface area contributed by atoms with Gasteiger partial charge in [0, 0.05) is 18.2 Å². The van der Waals surface area contributed by atoms with E-state index >= 15 is 0 Å². The highest BCUT2D eigenvalue weighted by atomic mass is 19.2. The Balaban J connectivity index is 1.46. The summed E-state index contributed by atoms with van der Waals surface area (Å²) in [4.78, 5) is 2.31. The van der Waals surface area contributed by atoms with Gasteiger partial charge in [-0.05, 0) is 62.7 Å². The van der Waals surface area contributed by atoms with E-state index in [1.165, 1.54) is 12.1 Å². The SMILES string of the molecule is C[C@H](c1ccc(F)c(F)c1)N1CCC(c2nnc3ccccn23)CC1. The summed E-state index contributed by atoms with van der Waals surface area (Å²) in [6.45, 7) is 3.83. The van der Waals surface area contributed by atoms with Crippen LogP contribution in [0.15, 0.2) is 42.6 Å². The van der Waals surface area contributed by atoms with Crippen LogP contribution in [0, 0.1) is 11.6 Å². The average Bonchev–Trinajstić information content (AvgIpc) is 3.08. The summed E-state index contributed by atoms with van der Waals surface area (Å²) in [5, 5.41) is 8.61. The quantitative estimate of drug-likeness (QED) is 0.723. The number of rotatable bonds is 3. The molecule has 0 saturated carbocycles. The number of fused-ring (bicyclic) bond motifs is 1. The van der Waals surface area contributed by atoms with Crippen LogP contribution in [0.1, 0.15) is 43.1 Å². The number of pyridine rings is 1. The van der Waals surface area contributed by atoms with Crippen molar-refractivity contribution in [2.75, 3.05) is 13.1 Å². The summed E-state index contributed by atoms with van der Waals surface area (Å²) < 4.78 is 28.7. The highest BCUT2D eigenvalue weighted by Crippen LogP contribution is 2.31. The molecule has 0 unspecified atom stereocenters. The summed E-state index contributed by atoms with van der Waals surface area (Å²) >= 11 is 0. The van der Waals surface area contributed by atoms with Crippen LogP contribution >= 0.6 is 0 Å². The molecule has 1 atom stereocenters. The Morgan fingerprint density at radius 1 is 1.04 bits per heavy atom. The highest BCUT2D eigenvalue weighted by molar-refractivity contribution is 5.37. The van der Waals surface area contributed by atoms with Gasteiger partial charge in [-0.1, -0.05) is 12.1 Å². The predicted molar refractivity (Wildman–Crippen MR) is 91.3 cm³/mol. The number of hydrogen-bond donors (Lipinski definition) is 0. The van der Waals surface area contributed by atoms with Crippen LogP contribution in [0.2, 0.25) is 0 Å². The summed E-state index contributed by atoms with van der Waals surface area (Å²) in [7, 11) is 0. The van der Waals surface area contributed by atoms with Crippen LogP contribution in [0.25, 0.3) is 5.65 Å². The minimum Gasteiger partial charge on any atom is -0.297 e. The van der Waals surface area contributed by atoms with Crippen LogP contribution in [0.3, 0.4) is 0 Å². The molecule has 130 valence electrons. The van der Waals surface area contributed by atoms with Gasteiger partial charge in [0.2, 0.25) is 0 Å². The van der Waals surface area contributed by atoms with E-state index in [-0.39, 0.29) is 6.04 Å². The maximum atomic E-state index is 13.5. The van der Waals surface area contributed by atoms with Gasteiger partial charge in [0.25, 0.3) is 0 Å². The van der Waals surface area contributed by atoms with E-state index in [9.17, 15) is 8.78 Å². The Bertz CT molecular complexity index is 884. The fraction of sp³-hybridized carbons (Fsp3) is 0.368. The maximum absolute atomic E-state index is 13.5. The molecule has 1 aliphatic rings. The molecule has 1 fully saturated rings. The standard InChI is InChI=1S/C19H20F2N4/c1-13(15-5-6-16(20)17(21)12-15)24-10-7-14(8-11-24)19-23-22-18-4-2-3-9-25(18)19/h2-6,9,12-14H,7-8,10-11H2,1H3/t13-/m1/s1. The number of piperidine rings is 1. The van der Waals surface area contributed by atoms with Crippen molar-refractivity contribution in [3.63, 3.8) is 0 Å². The zero-order valence-electron chi connectivity index (χ0n) is 14.1. The summed E-state index contributed by atoms with van der Waals surface area (Å²) in [6, 6.07) is 10.1. The zero-order chi connectivity index (χ0) is 17.4. The molecule has 3 heterocycles. The van der Waals surface area contributed by atoms with Crippen LogP contribution in [0.4, 0.5) is 8.78 Å². The molecule has 1 saturated heterocycles. The average molecular weight is 342 g/mol. The molecule has 0 spiro atoms. The Labute approximate surface area is 145 Å². The zero-order valence-corrected chi connectivity index (χ0v) is 14.1. The van der Waals surface area contributed by atoms with E-state index in [0.29, 0.717) is 5.92 Å². The van der Waals surface area contributed by atoms with Crippen molar-refractivity contribution in [2.45, 2.75) is 31.7 Å². The molecule has 6 heteroatoms. The summed E-state index contributed by atoms with van der Waals surface area (Å²) in [6.07, 6.45) is 3.95. The molecule has 1 aliphatic heterocycles. The van der Waals surface area contributed by atoms with Crippen molar-refractivity contribution in [3.05, 3.63) is 65.6 Å². The lowest BCUT2D eigenvalue weighted by molar-refractivity contribution is 0.159. The van der Waals surface area contributed by atoms with Crippen LogP contribution in [-0.2, 0) is 0 Å². The normalized spacial score (nSPS) is 17.9. The number of aromatic nitrogens is 3. The van der Waals surface area contributed by atoms with E-state index in [1.54, 1.807) is 6.07 Å². The molecule has 0 amide bonds. The first kappa shape index (κ1) is 16.1. The number of likely N-dealkylation sites (tertiary alicyclic amines) is 1. The van der Waals surface area contributed by atoms with Gasteiger partial charge in [0.05, 0.1) is 0 Å². The third-order valence-corrected chi connectivity index (χ3v) is 5.21. The third-order valence-electron chi connectivity index (χ3n) is 5.21. The molecule has 0 aliphatic carbocycles. The fourth-order valence-electron chi connectivity index (χ4n) is 3.67. The van der Waals surface area contributed by atoms with E-state index in [2.05, 4.69) is 19.5 Å². The van der Waals surface area contributed by atoms with Crippen molar-refractivity contribution in [3.8, 4) is 0 Å². The smallest absolute Gasteiger partial charge is 0.160 e. The van der Waals surface area contributed by atoms with Gasteiger partial charge in [-0.15, -0.1) is 10.2 Å². The van der Waals surface area contributed by atoms with Gasteiger partial charge in [-0.2, -0.15) is 0 Å². The van der Waals surface area contributed by atoms with Crippen molar-refractivity contribution >= 4 is 5.65 Å². The second-order valence-electron chi connectivity index (χ2n) is 6.65. The molecule has 2 aromatic heterocycles. The topological polar surface area (TPSA) is 33.4 Å². The monoisotopic (exact) mass is 342 g/mol. The van der Waals surface area contributed by atoms with Gasteiger partial charge in [0.15, 0.2) is 17.3 Å². The lowest BCUT2D eigenvalue weighted by Crippen LogP contribution is -2.35. The van der Waals surface area contributed by atoms with E-state index < -0.39 is 11.6 Å². The van der Waals surface area contributed by atoms with E-state index in [4.69, 9.17) is 0 Å². The van der Waals surface area contributed by atoms with Crippen molar-refractivity contribution in [1.82, 2.24) is 19.5 Å². The van der Waals surface area contributed by atoms with Crippen LogP contribution in [0.5, 0.6) is 0 Å². The van der Waals surface area contributed by atoms with Crippen molar-refractivity contribution < 1.29 is 8.78 Å². The second-order valence-corrected chi connectivity index (χ2v) is 6.65. The van der Waals surface area contributed by atoms with Gasteiger partial charge >= 0.3 is 0 Å². The third kappa shape index (κ3) is 3.02. The number of hydrogen-bond acceptors (Lipinski definition) is 3. The second kappa shape index (κ2) is 6.52. The van der Waals surface area contributed by atoms with Crippen molar-refractivity contribution in [2.24, 2.45) is 0 Å². The number of nitrogens with zero attached hydrogens (tertiary/aromatic N) is 4. The minimum atomic E-state index is -0.798. The van der Waals surface area contributed by atoms with Gasteiger partial charge in [-0.25, -0.2) is 8.78 Å². The largest absolute Gasteiger partial charge is 0.297 e. The Hall–Kier alpha value is -2.34. The highest BCUT2D eigenvalue weighted by Gasteiger charge is 2.27. The van der Waals surface area contributed by atoms with Gasteiger partial charge in [0.1, 0.15) is 5.82 Å². The predicted octanol–water partition coefficient (Wildman–Crippen LogP) is 3.95. The Kier molecular flexibility index (Phi) is 4.21. The minimum absolute atomic E-state index is 0.0613. The Morgan fingerprint density at radius 3 is 2.60 bits per heavy atom. The molecule has 1 aromatic carbocycles. The molecule has 0 bridgehead atoms. The lowest BCUT2D eigenvalue weighted by Gasteiger charge is -2.35. The van der Waals surface area contributed by atoms with E-state index in [0.717, 1.165) is 43.0 Å². The first-order valence-corrected chi connectivity index (χ1v) is 8.62. The molecule has 0 radical (unpaired) electrons. The summed E-state index contributed by atoms with van der Waals surface area (Å²) in [5.74, 6) is -0.205. The molecular formula is C19H20F2N4. The fourth-order valence-corrected chi connectivity index (χ4v) is 3.67. The maximum Gasteiger partial charge on any atom is 0.160 e. The molecule has 25 heavy (non-hydrogen) atoms. The van der Waals surface area contributed by atoms with E-state index in [1.807, 2.05) is 31.3 Å².